The highest BCUT2D eigenvalue weighted by Gasteiger charge is 2.35. The summed E-state index contributed by atoms with van der Waals surface area (Å²) in [4.78, 5) is 12.2. The van der Waals surface area contributed by atoms with Crippen LogP contribution in [-0.2, 0) is 4.79 Å². The molecule has 1 amide bonds. The molecule has 1 aromatic rings. The first-order valence-corrected chi connectivity index (χ1v) is 8.31. The van der Waals surface area contributed by atoms with Gasteiger partial charge in [-0.3, -0.25) is 4.79 Å². The normalized spacial score (nSPS) is 17.0. The molecule has 2 rings (SSSR count). The average Bonchev–Trinajstić information content (AvgIpc) is 2.30. The molecule has 2 nitrogen and oxygen atoms in total. The summed E-state index contributed by atoms with van der Waals surface area (Å²) in [6, 6.07) is 8.09. The average molecular weight is 328 g/mol. The molecule has 0 aliphatic heterocycles. The van der Waals surface area contributed by atoms with E-state index in [0.29, 0.717) is 5.41 Å². The van der Waals surface area contributed by atoms with E-state index in [2.05, 4.69) is 33.4 Å². The Morgan fingerprint density at radius 1 is 1.39 bits per heavy atom. The number of benzene rings is 1. The Morgan fingerprint density at radius 3 is 2.50 bits per heavy atom. The maximum atomic E-state index is 10.9. The Morgan fingerprint density at radius 2 is 2.06 bits per heavy atom. The van der Waals surface area contributed by atoms with Gasteiger partial charge in [0.15, 0.2) is 0 Å². The second-order valence-electron chi connectivity index (χ2n) is 4.98. The lowest BCUT2D eigenvalue weighted by Gasteiger charge is -2.40. The lowest BCUT2D eigenvalue weighted by molar-refractivity contribution is -0.114. The third kappa shape index (κ3) is 3.51. The van der Waals surface area contributed by atoms with Gasteiger partial charge in [0.25, 0.3) is 0 Å². The maximum absolute atomic E-state index is 10.9. The number of anilines is 1. The summed E-state index contributed by atoms with van der Waals surface area (Å²) in [5.74, 6) is 1.15. The molecule has 1 aliphatic carbocycles. The summed E-state index contributed by atoms with van der Waals surface area (Å²) >= 11 is 5.55. The molecule has 1 aromatic carbocycles. The van der Waals surface area contributed by atoms with Gasteiger partial charge in [-0.05, 0) is 42.5 Å². The summed E-state index contributed by atoms with van der Waals surface area (Å²) in [5.41, 5.74) is 1.38. The Bertz CT molecular complexity index is 409. The second kappa shape index (κ2) is 6.11. The number of amides is 1. The number of rotatable bonds is 5. The maximum Gasteiger partial charge on any atom is 0.221 e. The fraction of sp³-hybridized carbons (Fsp3) is 0.500. The highest BCUT2D eigenvalue weighted by molar-refractivity contribution is 9.09. The van der Waals surface area contributed by atoms with Crippen LogP contribution in [0.1, 0.15) is 26.2 Å². The molecule has 0 saturated heterocycles. The zero-order valence-electron chi connectivity index (χ0n) is 10.5. The fourth-order valence-electron chi connectivity index (χ4n) is 2.07. The van der Waals surface area contributed by atoms with E-state index in [0.717, 1.165) is 11.0 Å². The van der Waals surface area contributed by atoms with E-state index in [1.165, 1.54) is 36.8 Å². The van der Waals surface area contributed by atoms with Gasteiger partial charge in [0.1, 0.15) is 0 Å². The van der Waals surface area contributed by atoms with Crippen molar-refractivity contribution in [2.75, 3.05) is 16.4 Å². The monoisotopic (exact) mass is 327 g/mol. The molecule has 0 heterocycles. The lowest BCUT2D eigenvalue weighted by atomic mass is 9.72. The van der Waals surface area contributed by atoms with Crippen molar-refractivity contribution >= 4 is 39.3 Å². The number of nitrogens with one attached hydrogen (secondary N) is 1. The quantitative estimate of drug-likeness (QED) is 0.645. The van der Waals surface area contributed by atoms with Crippen molar-refractivity contribution in [3.8, 4) is 0 Å². The molecule has 1 N–H and O–H groups in total. The van der Waals surface area contributed by atoms with Crippen LogP contribution in [-0.4, -0.2) is 17.0 Å². The smallest absolute Gasteiger partial charge is 0.221 e. The Labute approximate surface area is 121 Å². The van der Waals surface area contributed by atoms with E-state index in [-0.39, 0.29) is 5.91 Å². The van der Waals surface area contributed by atoms with Crippen molar-refractivity contribution in [2.24, 2.45) is 5.41 Å². The van der Waals surface area contributed by atoms with Gasteiger partial charge in [0.2, 0.25) is 5.91 Å². The van der Waals surface area contributed by atoms with Gasteiger partial charge in [0, 0.05) is 28.6 Å². The molecule has 1 aliphatic rings. The standard InChI is InChI=1S/C14H18BrNOS/c1-11(17)16-12-3-5-13(6-4-12)18-10-14(9-15)7-2-8-14/h3-6H,2,7-10H2,1H3,(H,16,17). The van der Waals surface area contributed by atoms with Crippen LogP contribution in [0.2, 0.25) is 0 Å². The fourth-order valence-corrected chi connectivity index (χ4v) is 4.28. The van der Waals surface area contributed by atoms with E-state index in [9.17, 15) is 4.79 Å². The molecule has 0 spiro atoms. The number of carbonyl (C=O) groups is 1. The van der Waals surface area contributed by atoms with Crippen LogP contribution in [0.4, 0.5) is 5.69 Å². The van der Waals surface area contributed by atoms with E-state index in [1.807, 2.05) is 23.9 Å². The van der Waals surface area contributed by atoms with Gasteiger partial charge in [-0.1, -0.05) is 22.4 Å². The van der Waals surface area contributed by atoms with Gasteiger partial charge < -0.3 is 5.32 Å². The van der Waals surface area contributed by atoms with Crippen LogP contribution in [0.3, 0.4) is 0 Å². The number of thioether (sulfide) groups is 1. The first-order valence-electron chi connectivity index (χ1n) is 6.20. The molecule has 0 unspecified atom stereocenters. The topological polar surface area (TPSA) is 29.1 Å². The minimum Gasteiger partial charge on any atom is -0.326 e. The van der Waals surface area contributed by atoms with E-state index >= 15 is 0 Å². The van der Waals surface area contributed by atoms with Crippen LogP contribution >= 0.6 is 27.7 Å². The number of carbonyl (C=O) groups excluding carboxylic acids is 1. The second-order valence-corrected chi connectivity index (χ2v) is 6.59. The minimum atomic E-state index is -0.0249. The molecule has 18 heavy (non-hydrogen) atoms. The highest BCUT2D eigenvalue weighted by atomic mass is 79.9. The molecule has 0 radical (unpaired) electrons. The first-order chi connectivity index (χ1) is 8.63. The Kier molecular flexibility index (Phi) is 4.73. The van der Waals surface area contributed by atoms with Crippen LogP contribution in [0, 0.1) is 5.41 Å². The van der Waals surface area contributed by atoms with Gasteiger partial charge in [0.05, 0.1) is 0 Å². The van der Waals surface area contributed by atoms with Crippen LogP contribution in [0.25, 0.3) is 0 Å². The molecule has 1 saturated carbocycles. The summed E-state index contributed by atoms with van der Waals surface area (Å²) in [7, 11) is 0. The van der Waals surface area contributed by atoms with Crippen molar-refractivity contribution in [1.29, 1.82) is 0 Å². The van der Waals surface area contributed by atoms with Crippen molar-refractivity contribution < 1.29 is 4.79 Å². The summed E-state index contributed by atoms with van der Waals surface area (Å²) in [5, 5.41) is 3.89. The third-order valence-corrected chi connectivity index (χ3v) is 5.97. The SMILES string of the molecule is CC(=O)Nc1ccc(SCC2(CBr)CCC2)cc1. The largest absolute Gasteiger partial charge is 0.326 e. The Balaban J connectivity index is 1.88. The molecule has 1 fully saturated rings. The molecule has 0 aromatic heterocycles. The van der Waals surface area contributed by atoms with Crippen molar-refractivity contribution in [1.82, 2.24) is 0 Å². The van der Waals surface area contributed by atoms with Crippen LogP contribution in [0.5, 0.6) is 0 Å². The molecule has 4 heteroatoms. The number of hydrogen-bond donors (Lipinski definition) is 1. The Hall–Kier alpha value is -0.480. The predicted molar refractivity (Wildman–Crippen MR) is 81.5 cm³/mol. The van der Waals surface area contributed by atoms with Gasteiger partial charge in [-0.15, -0.1) is 11.8 Å². The summed E-state index contributed by atoms with van der Waals surface area (Å²) < 4.78 is 0. The zero-order valence-corrected chi connectivity index (χ0v) is 12.9. The van der Waals surface area contributed by atoms with E-state index in [1.54, 1.807) is 0 Å². The van der Waals surface area contributed by atoms with Crippen LogP contribution < -0.4 is 5.32 Å². The number of halogens is 1. The number of alkyl halides is 1. The van der Waals surface area contributed by atoms with E-state index < -0.39 is 0 Å². The summed E-state index contributed by atoms with van der Waals surface area (Å²) in [6.07, 6.45) is 4.05. The van der Waals surface area contributed by atoms with Crippen molar-refractivity contribution in [2.45, 2.75) is 31.1 Å². The van der Waals surface area contributed by atoms with Crippen LogP contribution in [0.15, 0.2) is 29.2 Å². The zero-order chi connectivity index (χ0) is 13.0. The first kappa shape index (κ1) is 13.9. The summed E-state index contributed by atoms with van der Waals surface area (Å²) in [6.45, 7) is 1.53. The highest BCUT2D eigenvalue weighted by Crippen LogP contribution is 2.45. The van der Waals surface area contributed by atoms with Gasteiger partial charge in [-0.25, -0.2) is 0 Å². The van der Waals surface area contributed by atoms with E-state index in [4.69, 9.17) is 0 Å². The van der Waals surface area contributed by atoms with Gasteiger partial charge >= 0.3 is 0 Å². The number of hydrogen-bond acceptors (Lipinski definition) is 2. The minimum absolute atomic E-state index is 0.0249. The third-order valence-electron chi connectivity index (χ3n) is 3.42. The molecule has 98 valence electrons. The molecular formula is C14H18BrNOS. The van der Waals surface area contributed by atoms with Crippen molar-refractivity contribution in [3.63, 3.8) is 0 Å². The molecule has 0 bridgehead atoms. The van der Waals surface area contributed by atoms with Crippen molar-refractivity contribution in [3.05, 3.63) is 24.3 Å². The molecular weight excluding hydrogens is 310 g/mol. The molecule has 0 atom stereocenters. The lowest BCUT2D eigenvalue weighted by Crippen LogP contribution is -2.33. The predicted octanol–water partition coefficient (Wildman–Crippen LogP) is 4.30. The van der Waals surface area contributed by atoms with Gasteiger partial charge in [-0.2, -0.15) is 0 Å².